The van der Waals surface area contributed by atoms with Crippen LogP contribution in [0.15, 0.2) is 76.6 Å². The number of carbonyl (C=O) groups excluding carboxylic acids is 1. The molecule has 5 rings (SSSR count). The molecule has 0 aliphatic carbocycles. The van der Waals surface area contributed by atoms with Gasteiger partial charge < -0.3 is 13.9 Å². The topological polar surface area (TPSA) is 81.9 Å². The van der Waals surface area contributed by atoms with Crippen LogP contribution in [-0.4, -0.2) is 24.1 Å². The Morgan fingerprint density at radius 2 is 1.97 bits per heavy atom. The highest BCUT2D eigenvalue weighted by Crippen LogP contribution is 2.43. The van der Waals surface area contributed by atoms with Gasteiger partial charge >= 0.3 is 0 Å². The lowest BCUT2D eigenvalue weighted by molar-refractivity contribution is 0.0970. The van der Waals surface area contributed by atoms with Crippen LogP contribution in [0.4, 0.5) is 10.2 Å². The lowest BCUT2D eigenvalue weighted by atomic mass is 9.98. The second-order valence-electron chi connectivity index (χ2n) is 7.97. The van der Waals surface area contributed by atoms with Gasteiger partial charge in [-0.25, -0.2) is 9.37 Å². The fourth-order valence-corrected chi connectivity index (χ4v) is 4.35. The van der Waals surface area contributed by atoms with Crippen molar-refractivity contribution >= 4 is 34.3 Å². The zero-order chi connectivity index (χ0) is 25.4. The van der Waals surface area contributed by atoms with Crippen molar-refractivity contribution in [3.8, 4) is 11.5 Å². The highest BCUT2D eigenvalue weighted by molar-refractivity contribution is 6.30. The third-order valence-electron chi connectivity index (χ3n) is 5.73. The summed E-state index contributed by atoms with van der Waals surface area (Å²) in [7, 11) is 0. The zero-order valence-corrected chi connectivity index (χ0v) is 19.9. The number of benzene rings is 2. The Morgan fingerprint density at radius 3 is 2.69 bits per heavy atom. The fourth-order valence-electron chi connectivity index (χ4n) is 4.24. The number of amides is 1. The summed E-state index contributed by atoms with van der Waals surface area (Å²) in [6.45, 7) is 6.12. The summed E-state index contributed by atoms with van der Waals surface area (Å²) in [6, 6.07) is 11.0. The first kappa shape index (κ1) is 23.6. The first-order valence-electron chi connectivity index (χ1n) is 11.1. The molecule has 1 amide bonds. The Balaban J connectivity index is 1.75. The Kier molecular flexibility index (Phi) is 6.20. The van der Waals surface area contributed by atoms with Crippen LogP contribution in [0.3, 0.4) is 0 Å². The molecule has 9 heteroatoms. The van der Waals surface area contributed by atoms with E-state index in [9.17, 15) is 14.0 Å². The number of hydrogen-bond donors (Lipinski definition) is 0. The van der Waals surface area contributed by atoms with Crippen molar-refractivity contribution in [2.75, 3.05) is 18.1 Å². The van der Waals surface area contributed by atoms with E-state index in [0.717, 1.165) is 6.07 Å². The van der Waals surface area contributed by atoms with E-state index in [1.54, 1.807) is 36.4 Å². The van der Waals surface area contributed by atoms with Crippen LogP contribution < -0.4 is 19.8 Å². The van der Waals surface area contributed by atoms with Gasteiger partial charge in [0.15, 0.2) is 16.9 Å². The second-order valence-corrected chi connectivity index (χ2v) is 8.40. The molecule has 1 aliphatic heterocycles. The molecule has 1 unspecified atom stereocenters. The summed E-state index contributed by atoms with van der Waals surface area (Å²) in [6.07, 6.45) is 3.02. The first-order valence-corrected chi connectivity index (χ1v) is 11.5. The molecule has 0 N–H and O–H groups in total. The number of pyridine rings is 1. The van der Waals surface area contributed by atoms with Crippen LogP contribution in [0.25, 0.3) is 11.0 Å². The normalized spacial score (nSPS) is 14.7. The Hall–Kier alpha value is -4.17. The number of aromatic nitrogens is 1. The summed E-state index contributed by atoms with van der Waals surface area (Å²) in [4.78, 5) is 32.9. The molecule has 2 aromatic heterocycles. The van der Waals surface area contributed by atoms with Crippen LogP contribution in [0, 0.1) is 5.82 Å². The van der Waals surface area contributed by atoms with Gasteiger partial charge in [0.05, 0.1) is 28.6 Å². The van der Waals surface area contributed by atoms with Gasteiger partial charge in [-0.1, -0.05) is 30.3 Å². The summed E-state index contributed by atoms with van der Waals surface area (Å²) < 4.78 is 31.3. The standard InChI is InChI=1S/C27H20ClFN2O5/c1-3-11-35-20-8-5-15(12-21(20)34-4-2)24-23-25(32)18-13-17(29)7-9-19(18)36-26(23)27(33)31(24)22-10-6-16(28)14-30-22/h3,5-10,12-14,24H,1,4,11H2,2H3. The maximum absolute atomic E-state index is 14.0. The van der Waals surface area contributed by atoms with Gasteiger partial charge in [-0.15, -0.1) is 0 Å². The monoisotopic (exact) mass is 506 g/mol. The number of anilines is 1. The number of nitrogens with zero attached hydrogens (tertiary/aromatic N) is 2. The molecule has 2 aromatic carbocycles. The van der Waals surface area contributed by atoms with E-state index in [2.05, 4.69) is 11.6 Å². The second kappa shape index (κ2) is 9.47. The van der Waals surface area contributed by atoms with E-state index in [-0.39, 0.29) is 34.7 Å². The van der Waals surface area contributed by atoms with Gasteiger partial charge in [-0.2, -0.15) is 0 Å². The van der Waals surface area contributed by atoms with Crippen LogP contribution in [0.2, 0.25) is 5.02 Å². The maximum atomic E-state index is 14.0. The molecule has 1 atom stereocenters. The van der Waals surface area contributed by atoms with Crippen molar-refractivity contribution in [3.05, 3.63) is 105 Å². The molecule has 1 aliphatic rings. The number of hydrogen-bond acceptors (Lipinski definition) is 6. The predicted octanol–water partition coefficient (Wildman–Crippen LogP) is 5.69. The van der Waals surface area contributed by atoms with Crippen molar-refractivity contribution < 1.29 is 23.1 Å². The number of rotatable bonds is 7. The minimum Gasteiger partial charge on any atom is -0.490 e. The van der Waals surface area contributed by atoms with Gasteiger partial charge in [-0.05, 0) is 55.0 Å². The van der Waals surface area contributed by atoms with Crippen molar-refractivity contribution in [1.82, 2.24) is 4.98 Å². The summed E-state index contributed by atoms with van der Waals surface area (Å²) in [5, 5.41) is 0.422. The van der Waals surface area contributed by atoms with Crippen molar-refractivity contribution in [2.24, 2.45) is 0 Å². The molecule has 0 fully saturated rings. The van der Waals surface area contributed by atoms with Crippen molar-refractivity contribution in [2.45, 2.75) is 13.0 Å². The van der Waals surface area contributed by atoms with E-state index in [0.29, 0.717) is 28.7 Å². The number of halogens is 2. The molecule has 0 radical (unpaired) electrons. The van der Waals surface area contributed by atoms with E-state index in [1.165, 1.54) is 23.2 Å². The molecule has 182 valence electrons. The summed E-state index contributed by atoms with van der Waals surface area (Å²) in [5.41, 5.74) is 0.236. The lowest BCUT2D eigenvalue weighted by Crippen LogP contribution is -2.30. The van der Waals surface area contributed by atoms with E-state index in [4.69, 9.17) is 25.5 Å². The summed E-state index contributed by atoms with van der Waals surface area (Å²) in [5.74, 6) is -0.106. The Labute approximate surface area is 210 Å². The third-order valence-corrected chi connectivity index (χ3v) is 5.95. The van der Waals surface area contributed by atoms with E-state index >= 15 is 0 Å². The van der Waals surface area contributed by atoms with Gasteiger partial charge in [0.1, 0.15) is 23.8 Å². The zero-order valence-electron chi connectivity index (χ0n) is 19.2. The van der Waals surface area contributed by atoms with Gasteiger partial charge in [0.2, 0.25) is 5.76 Å². The summed E-state index contributed by atoms with van der Waals surface area (Å²) >= 11 is 6.02. The molecule has 0 spiro atoms. The Morgan fingerprint density at radius 1 is 1.14 bits per heavy atom. The minimum atomic E-state index is -0.919. The smallest absolute Gasteiger partial charge is 0.296 e. The van der Waals surface area contributed by atoms with Gasteiger partial charge in [0, 0.05) is 6.20 Å². The molecule has 0 saturated heterocycles. The Bertz CT molecular complexity index is 1550. The molecule has 4 aromatic rings. The number of fused-ring (bicyclic) bond motifs is 2. The molecule has 36 heavy (non-hydrogen) atoms. The SMILES string of the molecule is C=CCOc1ccc(C2c3c(oc4ccc(F)cc4c3=O)C(=O)N2c2ccc(Cl)cn2)cc1OCC. The molecule has 7 nitrogen and oxygen atoms in total. The highest BCUT2D eigenvalue weighted by atomic mass is 35.5. The van der Waals surface area contributed by atoms with Crippen LogP contribution in [-0.2, 0) is 0 Å². The molecular formula is C27H20ClFN2O5. The molecule has 0 bridgehead atoms. The highest BCUT2D eigenvalue weighted by Gasteiger charge is 2.44. The van der Waals surface area contributed by atoms with Gasteiger partial charge in [-0.3, -0.25) is 14.5 Å². The lowest BCUT2D eigenvalue weighted by Gasteiger charge is -2.25. The molecular weight excluding hydrogens is 487 g/mol. The van der Waals surface area contributed by atoms with Crippen molar-refractivity contribution in [1.29, 1.82) is 0 Å². The van der Waals surface area contributed by atoms with Crippen LogP contribution in [0.5, 0.6) is 11.5 Å². The number of carbonyl (C=O) groups is 1. The first-order chi connectivity index (χ1) is 17.4. The van der Waals surface area contributed by atoms with Gasteiger partial charge in [0.25, 0.3) is 5.91 Å². The fraction of sp³-hybridized carbons (Fsp3) is 0.148. The van der Waals surface area contributed by atoms with E-state index < -0.39 is 23.2 Å². The number of ether oxygens (including phenoxy) is 2. The van der Waals surface area contributed by atoms with Crippen LogP contribution >= 0.6 is 11.6 Å². The molecule has 3 heterocycles. The average molecular weight is 507 g/mol. The van der Waals surface area contributed by atoms with Crippen molar-refractivity contribution in [3.63, 3.8) is 0 Å². The van der Waals surface area contributed by atoms with E-state index in [1.807, 2.05) is 6.92 Å². The quantitative estimate of drug-likeness (QED) is 0.299. The maximum Gasteiger partial charge on any atom is 0.296 e. The predicted molar refractivity (Wildman–Crippen MR) is 134 cm³/mol. The van der Waals surface area contributed by atoms with Crippen LogP contribution in [0.1, 0.15) is 34.6 Å². The minimum absolute atomic E-state index is 0.0356. The molecule has 0 saturated carbocycles. The third kappa shape index (κ3) is 3.99. The largest absolute Gasteiger partial charge is 0.490 e. The average Bonchev–Trinajstić information content (AvgIpc) is 3.17.